The molecule has 0 aliphatic heterocycles. The first-order chi connectivity index (χ1) is 71.6. The van der Waals surface area contributed by atoms with Crippen LogP contribution in [0.15, 0.2) is 473 Å². The summed E-state index contributed by atoms with van der Waals surface area (Å²) in [4.78, 5) is 0. The van der Waals surface area contributed by atoms with Gasteiger partial charge >= 0.3 is 0 Å². The molecule has 0 fully saturated rings. The van der Waals surface area contributed by atoms with E-state index in [1.807, 2.05) is 60.7 Å². The molecule has 0 saturated carbocycles. The van der Waals surface area contributed by atoms with Gasteiger partial charge in [-0.15, -0.1) is 0 Å². The molecule has 18 aromatic carbocycles. The average Bonchev–Trinajstić information content (AvgIpc) is 0.773. The minimum absolute atomic E-state index is 0.469. The molecule has 0 aromatic heterocycles. The van der Waals surface area contributed by atoms with Crippen LogP contribution in [0.3, 0.4) is 0 Å². The summed E-state index contributed by atoms with van der Waals surface area (Å²) in [5.41, 5.74) is 5.50. The van der Waals surface area contributed by atoms with Crippen LogP contribution in [0.5, 0.6) is 57.5 Å². The molecule has 0 saturated heterocycles. The van der Waals surface area contributed by atoms with Crippen LogP contribution >= 0.6 is 63.4 Å². The second-order valence-corrected chi connectivity index (χ2v) is 51.7. The Morgan fingerprint density at radius 3 is 0.503 bits per heavy atom. The van der Waals surface area contributed by atoms with E-state index >= 15 is 0 Å². The first-order valence-electron chi connectivity index (χ1n) is 48.5. The van der Waals surface area contributed by atoms with E-state index in [2.05, 4.69) is 413 Å². The number of unbranched alkanes of at least 4 members (excludes halogenated alkanes) is 1. The molecular formula is C127H126O10P8. The number of methoxy groups -OCH3 is 10. The standard InChI is InChI=1S/2C34H32O2P2.C30H32O2P2.C29H30O4P2/c1-35-31-20-9-11-22-33(31)37(29-16-5-3-6-17-29)25-27-14-13-15-28(24-27)26-38(30-18-7-4-8-19-30)34-23-12-10-21-32(34)36-2;1-35-31-21-11-13-23-33(31)37(29-17-5-3-6-18-29)25-27-15-9-10-16-28(27)26-38(30-19-7-4-8-20-30)34-24-14-12-22-32(34)36-2;1-31-27-19-9-11-21-29(27)33(25-15-5-3-6-16-25)23-13-14-24-34(26-17-7-4-8-18-26)30-22-12-10-20-28(30)32-2;1-30-22-13-5-9-17-26(22)34(27-18-10-6-14-23(27)31-2)21-35(28-19-11-7-15-24(28)32-3)29-20-12-8-16-25(29)33-4/h2*3-24H,25-26H2,1-2H3;3-12,15-22H,13-14,23-24H2,1-2H3;5-20H,21H2,1-4H3. The summed E-state index contributed by atoms with van der Waals surface area (Å²) < 4.78 is 58.1. The Labute approximate surface area is 868 Å². The van der Waals surface area contributed by atoms with Gasteiger partial charge in [0.1, 0.15) is 57.5 Å². The van der Waals surface area contributed by atoms with E-state index in [4.69, 9.17) is 47.4 Å². The lowest BCUT2D eigenvalue weighted by atomic mass is 10.1. The van der Waals surface area contributed by atoms with Gasteiger partial charge < -0.3 is 47.4 Å². The molecule has 18 heteroatoms. The van der Waals surface area contributed by atoms with Gasteiger partial charge in [0, 0.05) is 83.6 Å². The number of hydrogen-bond donors (Lipinski definition) is 0. The molecule has 0 aliphatic rings. The van der Waals surface area contributed by atoms with Crippen molar-refractivity contribution in [2.45, 2.75) is 37.5 Å². The van der Waals surface area contributed by atoms with Gasteiger partial charge in [-0.3, -0.25) is 0 Å². The van der Waals surface area contributed by atoms with Crippen molar-refractivity contribution in [3.05, 3.63) is 495 Å². The smallest absolute Gasteiger partial charge is 0.126 e. The molecule has 0 amide bonds. The molecule has 0 radical (unpaired) electrons. The van der Waals surface area contributed by atoms with Gasteiger partial charge in [-0.2, -0.15) is 0 Å². The van der Waals surface area contributed by atoms with Crippen LogP contribution in [0.25, 0.3) is 0 Å². The normalized spacial score (nSPS) is 12.1. The molecule has 6 atom stereocenters. The molecule has 145 heavy (non-hydrogen) atoms. The fourth-order valence-corrected chi connectivity index (χ4v) is 39.7. The Hall–Kier alpha value is -12.6. The summed E-state index contributed by atoms with van der Waals surface area (Å²) in [5.74, 6) is 10.3. The van der Waals surface area contributed by atoms with E-state index in [1.54, 1.807) is 71.1 Å². The predicted molar refractivity (Wildman–Crippen MR) is 630 cm³/mol. The second kappa shape index (κ2) is 56.8. The third kappa shape index (κ3) is 28.6. The first-order valence-corrected chi connectivity index (χ1v) is 60.7. The van der Waals surface area contributed by atoms with E-state index in [0.717, 1.165) is 100 Å². The van der Waals surface area contributed by atoms with Crippen molar-refractivity contribution >= 4 is 148 Å². The summed E-state index contributed by atoms with van der Waals surface area (Å²) in [6, 6.07) is 168. The molecule has 0 bridgehead atoms. The zero-order valence-corrected chi connectivity index (χ0v) is 91.2. The van der Waals surface area contributed by atoms with Crippen LogP contribution in [0.2, 0.25) is 0 Å². The van der Waals surface area contributed by atoms with Gasteiger partial charge in [-0.1, -0.05) is 413 Å². The quantitative estimate of drug-likeness (QED) is 0.0272. The summed E-state index contributed by atoms with van der Waals surface area (Å²) in [5, 5.41) is 20.8. The van der Waals surface area contributed by atoms with Gasteiger partial charge in [-0.05, 0) is 203 Å². The third-order valence-electron chi connectivity index (χ3n) is 24.9. The Balaban J connectivity index is 0.000000145. The lowest BCUT2D eigenvalue weighted by Crippen LogP contribution is -2.23. The van der Waals surface area contributed by atoms with Gasteiger partial charge in [0.05, 0.1) is 71.1 Å². The van der Waals surface area contributed by atoms with Crippen LogP contribution in [-0.4, -0.2) is 89.3 Å². The molecule has 10 nitrogen and oxygen atoms in total. The Bertz CT molecular complexity index is 6470. The maximum absolute atomic E-state index is 5.84. The average molecular weight is 2060 g/mol. The highest BCUT2D eigenvalue weighted by atomic mass is 31.2. The largest absolute Gasteiger partial charge is 0.496 e. The second-order valence-electron chi connectivity index (χ2n) is 33.7. The molecule has 0 heterocycles. The van der Waals surface area contributed by atoms with Crippen LogP contribution in [0.4, 0.5) is 0 Å². The zero-order chi connectivity index (χ0) is 101. The molecule has 18 aromatic rings. The van der Waals surface area contributed by atoms with Crippen molar-refractivity contribution in [1.29, 1.82) is 0 Å². The Kier molecular flexibility index (Phi) is 41.8. The number of para-hydroxylation sites is 10. The molecule has 0 spiro atoms. The fourth-order valence-electron chi connectivity index (χ4n) is 17.9. The Morgan fingerprint density at radius 1 is 0.145 bits per heavy atom. The van der Waals surface area contributed by atoms with Gasteiger partial charge in [0.25, 0.3) is 0 Å². The summed E-state index contributed by atoms with van der Waals surface area (Å²) in [7, 11) is 12.3. The molecule has 0 aliphatic carbocycles. The van der Waals surface area contributed by atoms with Crippen molar-refractivity contribution in [1.82, 2.24) is 0 Å². The first kappa shape index (κ1) is 107. The van der Waals surface area contributed by atoms with E-state index in [1.165, 1.54) is 120 Å². The van der Waals surface area contributed by atoms with Gasteiger partial charge in [-0.25, -0.2) is 0 Å². The number of ether oxygens (including phenoxy) is 10. The van der Waals surface area contributed by atoms with Crippen LogP contribution < -0.4 is 132 Å². The molecule has 0 N–H and O–H groups in total. The molecule has 6 unspecified atom stereocenters. The minimum Gasteiger partial charge on any atom is -0.496 e. The SMILES string of the molecule is COc1ccccc1P(CCCCP(c1ccccc1)c1ccccc1OC)c1ccccc1.COc1ccccc1P(CP(c1ccccc1OC)c1ccccc1OC)c1ccccc1OC.COc1ccccc1P(Cc1cccc(CP(c2ccccc2)c2ccccc2OC)c1)c1ccccc1.COc1ccccc1P(Cc1ccccc1CP(c1ccccc1)c1ccccc1OC)c1ccccc1. The van der Waals surface area contributed by atoms with Crippen molar-refractivity contribution in [2.75, 3.05) is 89.3 Å². The number of rotatable bonds is 41. The van der Waals surface area contributed by atoms with Crippen LogP contribution in [-0.2, 0) is 24.6 Å². The maximum atomic E-state index is 5.84. The highest BCUT2D eigenvalue weighted by molar-refractivity contribution is 7.89. The van der Waals surface area contributed by atoms with E-state index < -0.39 is 63.4 Å². The monoisotopic (exact) mass is 2060 g/mol. The van der Waals surface area contributed by atoms with Gasteiger partial charge in [0.15, 0.2) is 0 Å². The van der Waals surface area contributed by atoms with E-state index in [-0.39, 0.29) is 0 Å². The lowest BCUT2D eigenvalue weighted by molar-refractivity contribution is 0.417. The Morgan fingerprint density at radius 2 is 0.303 bits per heavy atom. The minimum atomic E-state index is -0.858. The highest BCUT2D eigenvalue weighted by Gasteiger charge is 2.32. The molecule has 18 rings (SSSR count). The lowest BCUT2D eigenvalue weighted by Gasteiger charge is -2.29. The fraction of sp³-hybridized carbons (Fsp3) is 0.150. The summed E-state index contributed by atoms with van der Waals surface area (Å²) >= 11 is 0. The summed E-state index contributed by atoms with van der Waals surface area (Å²) in [6.45, 7) is 0. The van der Waals surface area contributed by atoms with E-state index in [0.29, 0.717) is 0 Å². The molecular weight excluding hydrogens is 1930 g/mol. The topological polar surface area (TPSA) is 92.3 Å². The van der Waals surface area contributed by atoms with E-state index in [9.17, 15) is 0 Å². The predicted octanol–water partition coefficient (Wildman–Crippen LogP) is 25.2. The van der Waals surface area contributed by atoms with Crippen molar-refractivity contribution < 1.29 is 47.4 Å². The zero-order valence-electron chi connectivity index (χ0n) is 84.1. The van der Waals surface area contributed by atoms with Crippen molar-refractivity contribution in [3.8, 4) is 57.5 Å². The van der Waals surface area contributed by atoms with Crippen LogP contribution in [0.1, 0.15) is 35.1 Å². The molecule has 734 valence electrons. The van der Waals surface area contributed by atoms with Crippen LogP contribution in [0, 0.1) is 0 Å². The summed E-state index contributed by atoms with van der Waals surface area (Å²) in [6.07, 6.45) is 8.52. The third-order valence-corrected chi connectivity index (χ3v) is 46.4. The number of hydrogen-bond acceptors (Lipinski definition) is 10. The highest BCUT2D eigenvalue weighted by Crippen LogP contribution is 2.55. The maximum Gasteiger partial charge on any atom is 0.126 e. The van der Waals surface area contributed by atoms with Gasteiger partial charge in [0.2, 0.25) is 0 Å². The number of benzene rings is 18. The van der Waals surface area contributed by atoms with Crippen molar-refractivity contribution in [2.24, 2.45) is 0 Å². The van der Waals surface area contributed by atoms with Crippen molar-refractivity contribution in [3.63, 3.8) is 0 Å².